The molecule has 0 aromatic carbocycles. The second-order valence-electron chi connectivity index (χ2n) is 7.86. The van der Waals surface area contributed by atoms with Gasteiger partial charge in [-0.2, -0.15) is 0 Å². The fourth-order valence-corrected chi connectivity index (χ4v) is 4.38. The third kappa shape index (κ3) is 4.00. The molecular formula is C18H36N2O. The van der Waals surface area contributed by atoms with Gasteiger partial charge in [0.2, 0.25) is 0 Å². The molecule has 2 fully saturated rings. The lowest BCUT2D eigenvalue weighted by Gasteiger charge is -2.48. The second-order valence-corrected chi connectivity index (χ2v) is 7.86. The largest absolute Gasteiger partial charge is 0.371 e. The highest BCUT2D eigenvalue weighted by Crippen LogP contribution is 2.38. The number of ether oxygens (including phenoxy) is 1. The van der Waals surface area contributed by atoms with Crippen LogP contribution in [0.15, 0.2) is 0 Å². The third-order valence-electron chi connectivity index (χ3n) is 6.02. The maximum atomic E-state index is 6.25. The van der Waals surface area contributed by atoms with Gasteiger partial charge in [0.1, 0.15) is 0 Å². The summed E-state index contributed by atoms with van der Waals surface area (Å²) in [5.74, 6) is 0.921. The minimum Gasteiger partial charge on any atom is -0.371 e. The van der Waals surface area contributed by atoms with E-state index in [1.807, 2.05) is 0 Å². The van der Waals surface area contributed by atoms with Crippen LogP contribution in [0.2, 0.25) is 0 Å². The normalized spacial score (nSPS) is 36.3. The van der Waals surface area contributed by atoms with E-state index < -0.39 is 0 Å². The fourth-order valence-electron chi connectivity index (χ4n) is 4.38. The van der Waals surface area contributed by atoms with Crippen molar-refractivity contribution in [1.82, 2.24) is 4.90 Å². The van der Waals surface area contributed by atoms with Gasteiger partial charge in [-0.25, -0.2) is 0 Å². The van der Waals surface area contributed by atoms with Crippen LogP contribution in [0.5, 0.6) is 0 Å². The summed E-state index contributed by atoms with van der Waals surface area (Å²) >= 11 is 0. The zero-order valence-corrected chi connectivity index (χ0v) is 14.7. The summed E-state index contributed by atoms with van der Waals surface area (Å²) in [4.78, 5) is 2.64. The van der Waals surface area contributed by atoms with Crippen LogP contribution in [0, 0.1) is 5.92 Å². The fraction of sp³-hybridized carbons (Fsp3) is 1.00. The molecule has 0 spiro atoms. The molecule has 0 aromatic rings. The lowest BCUT2D eigenvalue weighted by molar-refractivity contribution is -0.0517. The highest BCUT2D eigenvalue weighted by atomic mass is 16.5. The van der Waals surface area contributed by atoms with Crippen molar-refractivity contribution in [1.29, 1.82) is 0 Å². The van der Waals surface area contributed by atoms with Crippen molar-refractivity contribution in [3.8, 4) is 0 Å². The maximum Gasteiger partial charge on any atom is 0.0710 e. The number of hydrogen-bond acceptors (Lipinski definition) is 3. The summed E-state index contributed by atoms with van der Waals surface area (Å²) in [6.45, 7) is 12.0. The molecule has 2 rings (SSSR count). The van der Waals surface area contributed by atoms with Gasteiger partial charge in [0.05, 0.1) is 11.7 Å². The molecule has 1 saturated heterocycles. The van der Waals surface area contributed by atoms with Crippen molar-refractivity contribution in [2.45, 2.75) is 89.9 Å². The van der Waals surface area contributed by atoms with Crippen LogP contribution in [-0.4, -0.2) is 41.8 Å². The van der Waals surface area contributed by atoms with E-state index in [4.69, 9.17) is 10.5 Å². The Hall–Kier alpha value is -0.120. The Morgan fingerprint density at radius 3 is 2.19 bits per heavy atom. The Morgan fingerprint density at radius 1 is 1.10 bits per heavy atom. The molecule has 3 nitrogen and oxygen atoms in total. The smallest absolute Gasteiger partial charge is 0.0710 e. The standard InChI is InChI=1S/C18H36N2O/c1-5-15-7-11-18(14-19,12-8-15)20(6-2)13-16-9-10-17(3,4)21-16/h15-16H,5-14,19H2,1-4H3. The summed E-state index contributed by atoms with van der Waals surface area (Å²) in [7, 11) is 0. The van der Waals surface area contributed by atoms with E-state index in [1.165, 1.54) is 44.9 Å². The van der Waals surface area contributed by atoms with Crippen molar-refractivity contribution in [3.63, 3.8) is 0 Å². The van der Waals surface area contributed by atoms with Gasteiger partial charge >= 0.3 is 0 Å². The third-order valence-corrected chi connectivity index (χ3v) is 6.02. The van der Waals surface area contributed by atoms with Gasteiger partial charge in [-0.05, 0) is 64.8 Å². The molecule has 2 aliphatic rings. The molecule has 0 radical (unpaired) electrons. The predicted octanol–water partition coefficient (Wildman–Crippen LogP) is 3.56. The first-order valence-corrected chi connectivity index (χ1v) is 9.07. The maximum absolute atomic E-state index is 6.25. The van der Waals surface area contributed by atoms with Gasteiger partial charge in [0, 0.05) is 18.6 Å². The SMILES string of the molecule is CCC1CCC(CN)(N(CC)CC2CCC(C)(C)O2)CC1. The molecule has 1 unspecified atom stereocenters. The van der Waals surface area contributed by atoms with Crippen molar-refractivity contribution in [3.05, 3.63) is 0 Å². The Balaban J connectivity index is 1.98. The van der Waals surface area contributed by atoms with Gasteiger partial charge in [-0.3, -0.25) is 4.90 Å². The molecule has 1 saturated carbocycles. The Morgan fingerprint density at radius 2 is 1.76 bits per heavy atom. The van der Waals surface area contributed by atoms with E-state index in [-0.39, 0.29) is 11.1 Å². The van der Waals surface area contributed by atoms with Gasteiger partial charge < -0.3 is 10.5 Å². The van der Waals surface area contributed by atoms with Gasteiger partial charge in [-0.1, -0.05) is 20.3 Å². The molecule has 0 aromatic heterocycles. The van der Waals surface area contributed by atoms with E-state index in [9.17, 15) is 0 Å². The van der Waals surface area contributed by atoms with Crippen molar-refractivity contribution in [2.75, 3.05) is 19.6 Å². The molecule has 124 valence electrons. The quantitative estimate of drug-likeness (QED) is 0.814. The average molecular weight is 296 g/mol. The van der Waals surface area contributed by atoms with E-state index in [2.05, 4.69) is 32.6 Å². The van der Waals surface area contributed by atoms with Crippen LogP contribution < -0.4 is 5.73 Å². The first kappa shape index (κ1) is 17.2. The van der Waals surface area contributed by atoms with Crippen LogP contribution in [0.25, 0.3) is 0 Å². The highest BCUT2D eigenvalue weighted by Gasteiger charge is 2.41. The first-order chi connectivity index (χ1) is 9.94. The zero-order valence-electron chi connectivity index (χ0n) is 14.7. The predicted molar refractivity (Wildman–Crippen MR) is 89.5 cm³/mol. The number of rotatable bonds is 6. The first-order valence-electron chi connectivity index (χ1n) is 9.07. The Labute approximate surface area is 131 Å². The monoisotopic (exact) mass is 296 g/mol. The molecule has 3 heteroatoms. The van der Waals surface area contributed by atoms with Crippen LogP contribution in [0.4, 0.5) is 0 Å². The lowest BCUT2D eigenvalue weighted by atomic mass is 9.74. The van der Waals surface area contributed by atoms with E-state index in [1.54, 1.807) is 0 Å². The van der Waals surface area contributed by atoms with Gasteiger partial charge in [0.15, 0.2) is 0 Å². The van der Waals surface area contributed by atoms with E-state index in [0.29, 0.717) is 6.10 Å². The second kappa shape index (κ2) is 6.97. The molecule has 1 heterocycles. The average Bonchev–Trinajstić information content (AvgIpc) is 2.84. The summed E-state index contributed by atoms with van der Waals surface area (Å²) in [5, 5.41) is 0. The molecular weight excluding hydrogens is 260 g/mol. The minimum atomic E-state index is 0.0693. The van der Waals surface area contributed by atoms with Crippen molar-refractivity contribution >= 4 is 0 Å². The number of likely N-dealkylation sites (N-methyl/N-ethyl adjacent to an activating group) is 1. The van der Waals surface area contributed by atoms with Gasteiger partial charge in [-0.15, -0.1) is 0 Å². The van der Waals surface area contributed by atoms with Crippen molar-refractivity contribution < 1.29 is 4.74 Å². The topological polar surface area (TPSA) is 38.5 Å². The molecule has 2 N–H and O–H groups in total. The number of hydrogen-bond donors (Lipinski definition) is 1. The van der Waals surface area contributed by atoms with Crippen LogP contribution >= 0.6 is 0 Å². The van der Waals surface area contributed by atoms with E-state index in [0.717, 1.165) is 25.6 Å². The summed E-state index contributed by atoms with van der Waals surface area (Å²) in [6, 6.07) is 0. The zero-order chi connectivity index (χ0) is 15.5. The number of nitrogens with two attached hydrogens (primary N) is 1. The van der Waals surface area contributed by atoms with Crippen LogP contribution in [-0.2, 0) is 4.74 Å². The van der Waals surface area contributed by atoms with E-state index >= 15 is 0 Å². The molecule has 1 atom stereocenters. The minimum absolute atomic E-state index is 0.0693. The van der Waals surface area contributed by atoms with Crippen LogP contribution in [0.1, 0.15) is 72.6 Å². The Bertz CT molecular complexity index is 321. The van der Waals surface area contributed by atoms with Crippen molar-refractivity contribution in [2.24, 2.45) is 11.7 Å². The molecule has 0 bridgehead atoms. The van der Waals surface area contributed by atoms with Gasteiger partial charge in [0.25, 0.3) is 0 Å². The molecule has 21 heavy (non-hydrogen) atoms. The molecule has 0 amide bonds. The number of nitrogens with zero attached hydrogens (tertiary/aromatic N) is 1. The molecule has 1 aliphatic carbocycles. The Kier molecular flexibility index (Phi) is 5.72. The summed E-state index contributed by atoms with van der Waals surface area (Å²) in [6.07, 6.45) is 9.34. The summed E-state index contributed by atoms with van der Waals surface area (Å²) < 4.78 is 6.22. The summed E-state index contributed by atoms with van der Waals surface area (Å²) in [5.41, 5.74) is 6.55. The van der Waals surface area contributed by atoms with Crippen LogP contribution in [0.3, 0.4) is 0 Å². The lowest BCUT2D eigenvalue weighted by Crippen LogP contribution is -2.57. The highest BCUT2D eigenvalue weighted by molar-refractivity contribution is 4.97. The molecule has 1 aliphatic heterocycles.